The minimum Gasteiger partial charge on any atom is -0.381 e. The van der Waals surface area contributed by atoms with Crippen LogP contribution in [0.1, 0.15) is 24.0 Å². The van der Waals surface area contributed by atoms with Crippen LogP contribution in [0.3, 0.4) is 0 Å². The van der Waals surface area contributed by atoms with E-state index in [9.17, 15) is 4.79 Å². The van der Waals surface area contributed by atoms with E-state index in [0.717, 1.165) is 52.4 Å². The molecule has 1 aromatic carbocycles. The number of benzene rings is 1. The zero-order valence-electron chi connectivity index (χ0n) is 13.5. The first-order chi connectivity index (χ1) is 10.7. The highest BCUT2D eigenvalue weighted by molar-refractivity contribution is 5.76. The number of carbonyl (C=O) groups excluding carboxylic acids is 1. The van der Waals surface area contributed by atoms with Crippen LogP contribution in [0, 0.1) is 12.8 Å². The van der Waals surface area contributed by atoms with Gasteiger partial charge in [0.05, 0.1) is 0 Å². The smallest absolute Gasteiger partial charge is 0.223 e. The molecule has 4 heteroatoms. The summed E-state index contributed by atoms with van der Waals surface area (Å²) in [6.07, 6.45) is 1.71. The lowest BCUT2D eigenvalue weighted by atomic mass is 10.0. The van der Waals surface area contributed by atoms with Crippen LogP contribution in [-0.4, -0.2) is 55.1 Å². The third-order valence-corrected chi connectivity index (χ3v) is 4.87. The molecule has 1 atom stereocenters. The van der Waals surface area contributed by atoms with Crippen molar-refractivity contribution in [1.82, 2.24) is 9.80 Å². The monoisotopic (exact) mass is 302 g/mol. The highest BCUT2D eigenvalue weighted by atomic mass is 16.5. The molecule has 4 nitrogen and oxygen atoms in total. The number of ether oxygens (including phenoxy) is 1. The van der Waals surface area contributed by atoms with Crippen molar-refractivity contribution in [2.75, 3.05) is 39.4 Å². The van der Waals surface area contributed by atoms with Gasteiger partial charge in [0.1, 0.15) is 0 Å². The molecular formula is C18H26N2O2. The largest absolute Gasteiger partial charge is 0.381 e. The van der Waals surface area contributed by atoms with Crippen molar-refractivity contribution in [3.8, 4) is 0 Å². The van der Waals surface area contributed by atoms with Crippen LogP contribution < -0.4 is 0 Å². The van der Waals surface area contributed by atoms with Crippen LogP contribution in [0.4, 0.5) is 0 Å². The first-order valence-electron chi connectivity index (χ1n) is 8.35. The molecule has 2 aliphatic rings. The van der Waals surface area contributed by atoms with Crippen molar-refractivity contribution >= 4 is 5.91 Å². The number of carbonyl (C=O) groups is 1. The van der Waals surface area contributed by atoms with Crippen molar-refractivity contribution in [3.05, 3.63) is 35.4 Å². The van der Waals surface area contributed by atoms with Crippen molar-refractivity contribution in [2.45, 2.75) is 26.3 Å². The molecule has 2 heterocycles. The minimum atomic E-state index is 0.311. The summed E-state index contributed by atoms with van der Waals surface area (Å²) in [6, 6.07) is 8.56. The average molecular weight is 302 g/mol. The van der Waals surface area contributed by atoms with Gasteiger partial charge >= 0.3 is 0 Å². The normalized spacial score (nSPS) is 23.0. The number of hydrogen-bond acceptors (Lipinski definition) is 3. The quantitative estimate of drug-likeness (QED) is 0.853. The topological polar surface area (TPSA) is 32.8 Å². The van der Waals surface area contributed by atoms with Crippen LogP contribution in [-0.2, 0) is 16.1 Å². The van der Waals surface area contributed by atoms with Crippen molar-refractivity contribution in [2.24, 2.45) is 5.92 Å². The third kappa shape index (κ3) is 3.87. The van der Waals surface area contributed by atoms with Gasteiger partial charge in [-0.05, 0) is 30.4 Å². The predicted molar refractivity (Wildman–Crippen MR) is 86.6 cm³/mol. The molecule has 2 fully saturated rings. The Morgan fingerprint density at radius 1 is 1.23 bits per heavy atom. The standard InChI is InChI=1S/C18H26N2O2/c1-15-4-2-3-5-17(15)13-19-7-9-20(10-8-19)18(21)12-16-6-11-22-14-16/h2-5,16H,6-14H2,1H3/t16-/m0/s1. The van der Waals surface area contributed by atoms with Gasteiger partial charge in [-0.3, -0.25) is 9.69 Å². The SMILES string of the molecule is Cc1ccccc1CN1CCN(C(=O)C[C@@H]2CCOC2)CC1. The first kappa shape index (κ1) is 15.5. The van der Waals surface area contributed by atoms with Gasteiger partial charge in [0.25, 0.3) is 0 Å². The maximum atomic E-state index is 12.3. The number of amides is 1. The van der Waals surface area contributed by atoms with E-state index in [4.69, 9.17) is 4.74 Å². The summed E-state index contributed by atoms with van der Waals surface area (Å²) in [7, 11) is 0. The van der Waals surface area contributed by atoms with E-state index in [2.05, 4.69) is 36.1 Å². The lowest BCUT2D eigenvalue weighted by Crippen LogP contribution is -2.48. The molecule has 120 valence electrons. The molecule has 1 aromatic rings. The number of hydrogen-bond donors (Lipinski definition) is 0. The Bertz CT molecular complexity index is 504. The molecule has 22 heavy (non-hydrogen) atoms. The lowest BCUT2D eigenvalue weighted by molar-refractivity contribution is -0.134. The zero-order chi connectivity index (χ0) is 15.4. The van der Waals surface area contributed by atoms with Gasteiger partial charge in [-0.25, -0.2) is 0 Å². The lowest BCUT2D eigenvalue weighted by Gasteiger charge is -2.35. The van der Waals surface area contributed by atoms with Gasteiger partial charge in [0, 0.05) is 52.4 Å². The molecule has 0 aliphatic carbocycles. The second kappa shape index (κ2) is 7.25. The van der Waals surface area contributed by atoms with Gasteiger partial charge in [0.2, 0.25) is 5.91 Å². The number of nitrogens with zero attached hydrogens (tertiary/aromatic N) is 2. The summed E-state index contributed by atoms with van der Waals surface area (Å²) in [6.45, 7) is 8.41. The number of aryl methyl sites for hydroxylation is 1. The van der Waals surface area contributed by atoms with E-state index >= 15 is 0 Å². The Morgan fingerprint density at radius 3 is 2.68 bits per heavy atom. The molecule has 0 spiro atoms. The fourth-order valence-corrected chi connectivity index (χ4v) is 3.30. The zero-order valence-corrected chi connectivity index (χ0v) is 13.5. The maximum absolute atomic E-state index is 12.3. The van der Waals surface area contributed by atoms with Gasteiger partial charge in [0.15, 0.2) is 0 Å². The Labute approximate surface area is 133 Å². The van der Waals surface area contributed by atoms with Gasteiger partial charge in [-0.1, -0.05) is 24.3 Å². The van der Waals surface area contributed by atoms with E-state index in [1.165, 1.54) is 11.1 Å². The molecule has 2 saturated heterocycles. The van der Waals surface area contributed by atoms with Gasteiger partial charge in [-0.2, -0.15) is 0 Å². The molecule has 0 unspecified atom stereocenters. The third-order valence-electron chi connectivity index (χ3n) is 4.87. The van der Waals surface area contributed by atoms with Crippen LogP contribution in [0.2, 0.25) is 0 Å². The van der Waals surface area contributed by atoms with E-state index < -0.39 is 0 Å². The van der Waals surface area contributed by atoms with Crippen LogP contribution in [0.25, 0.3) is 0 Å². The Balaban J connectivity index is 1.45. The van der Waals surface area contributed by atoms with Gasteiger partial charge < -0.3 is 9.64 Å². The molecule has 0 N–H and O–H groups in total. The summed E-state index contributed by atoms with van der Waals surface area (Å²) >= 11 is 0. The molecule has 0 saturated carbocycles. The summed E-state index contributed by atoms with van der Waals surface area (Å²) in [5.41, 5.74) is 2.74. The summed E-state index contributed by atoms with van der Waals surface area (Å²) in [4.78, 5) is 16.8. The van der Waals surface area contributed by atoms with Gasteiger partial charge in [-0.15, -0.1) is 0 Å². The molecular weight excluding hydrogens is 276 g/mol. The fraction of sp³-hybridized carbons (Fsp3) is 0.611. The maximum Gasteiger partial charge on any atom is 0.223 e. The van der Waals surface area contributed by atoms with Crippen LogP contribution in [0.5, 0.6) is 0 Å². The summed E-state index contributed by atoms with van der Waals surface area (Å²) < 4.78 is 5.36. The summed E-state index contributed by atoms with van der Waals surface area (Å²) in [5.74, 6) is 0.753. The van der Waals surface area contributed by atoms with Crippen molar-refractivity contribution in [1.29, 1.82) is 0 Å². The Hall–Kier alpha value is -1.39. The van der Waals surface area contributed by atoms with E-state index in [-0.39, 0.29) is 0 Å². The molecule has 2 aliphatic heterocycles. The second-order valence-corrected chi connectivity index (χ2v) is 6.52. The van der Waals surface area contributed by atoms with E-state index in [1.807, 2.05) is 4.90 Å². The van der Waals surface area contributed by atoms with E-state index in [0.29, 0.717) is 18.2 Å². The fourth-order valence-electron chi connectivity index (χ4n) is 3.30. The average Bonchev–Trinajstić information content (AvgIpc) is 3.03. The molecule has 0 aromatic heterocycles. The van der Waals surface area contributed by atoms with Crippen LogP contribution in [0.15, 0.2) is 24.3 Å². The molecule has 0 bridgehead atoms. The van der Waals surface area contributed by atoms with Crippen molar-refractivity contribution < 1.29 is 9.53 Å². The number of rotatable bonds is 4. The first-order valence-corrected chi connectivity index (χ1v) is 8.35. The highest BCUT2D eigenvalue weighted by Crippen LogP contribution is 2.18. The molecule has 0 radical (unpaired) electrons. The van der Waals surface area contributed by atoms with E-state index in [1.54, 1.807) is 0 Å². The summed E-state index contributed by atoms with van der Waals surface area (Å²) in [5, 5.41) is 0. The number of piperazine rings is 1. The predicted octanol–water partition coefficient (Wildman–Crippen LogP) is 2.07. The second-order valence-electron chi connectivity index (χ2n) is 6.52. The molecule has 3 rings (SSSR count). The van der Waals surface area contributed by atoms with Crippen LogP contribution >= 0.6 is 0 Å². The minimum absolute atomic E-state index is 0.311. The Kier molecular flexibility index (Phi) is 5.11. The highest BCUT2D eigenvalue weighted by Gasteiger charge is 2.25. The van der Waals surface area contributed by atoms with Crippen molar-refractivity contribution in [3.63, 3.8) is 0 Å². The molecule has 1 amide bonds. The Morgan fingerprint density at radius 2 is 2.00 bits per heavy atom.